The standard InChI is InChI=1S/C24H33N5O/c1-20-10-11-25-23(18-20)27-16-14-26(15-17-27)12-6-7-13-28-24(30)19-21(2)29(28)22-8-4-3-5-9-22/h3-5,8-11,18,21H,6-7,12-17,19H2,1-2H3. The van der Waals surface area contributed by atoms with Crippen molar-refractivity contribution in [3.63, 3.8) is 0 Å². The Balaban J connectivity index is 1.22. The third-order valence-electron chi connectivity index (χ3n) is 6.15. The molecule has 3 heterocycles. The number of pyridine rings is 1. The monoisotopic (exact) mass is 407 g/mol. The molecule has 2 fully saturated rings. The Morgan fingerprint density at radius 2 is 1.73 bits per heavy atom. The second-order valence-electron chi connectivity index (χ2n) is 8.48. The average molecular weight is 408 g/mol. The Hall–Kier alpha value is -2.60. The van der Waals surface area contributed by atoms with Crippen LogP contribution in [0.2, 0.25) is 0 Å². The number of benzene rings is 1. The zero-order valence-corrected chi connectivity index (χ0v) is 18.2. The predicted molar refractivity (Wildman–Crippen MR) is 122 cm³/mol. The normalized spacial score (nSPS) is 20.3. The molecule has 2 aliphatic rings. The fraction of sp³-hybridized carbons (Fsp3) is 0.500. The van der Waals surface area contributed by atoms with Gasteiger partial charge in [-0.15, -0.1) is 0 Å². The molecule has 0 bridgehead atoms. The number of anilines is 2. The molecule has 0 spiro atoms. The number of aryl methyl sites for hydroxylation is 1. The van der Waals surface area contributed by atoms with E-state index in [0.29, 0.717) is 6.42 Å². The molecule has 2 aromatic rings. The number of rotatable bonds is 7. The van der Waals surface area contributed by atoms with Crippen LogP contribution >= 0.6 is 0 Å². The maximum atomic E-state index is 12.5. The summed E-state index contributed by atoms with van der Waals surface area (Å²) < 4.78 is 0. The van der Waals surface area contributed by atoms with Gasteiger partial charge in [-0.1, -0.05) is 18.2 Å². The molecule has 0 saturated carbocycles. The molecule has 1 amide bonds. The molecule has 1 atom stereocenters. The topological polar surface area (TPSA) is 42.9 Å². The molecule has 2 aliphatic heterocycles. The van der Waals surface area contributed by atoms with Crippen molar-refractivity contribution in [3.8, 4) is 0 Å². The molecule has 30 heavy (non-hydrogen) atoms. The molecular weight excluding hydrogens is 374 g/mol. The molecule has 2 saturated heterocycles. The summed E-state index contributed by atoms with van der Waals surface area (Å²) in [5, 5.41) is 4.14. The van der Waals surface area contributed by atoms with Crippen LogP contribution in [-0.2, 0) is 4.79 Å². The lowest BCUT2D eigenvalue weighted by Gasteiger charge is -2.36. The van der Waals surface area contributed by atoms with Gasteiger partial charge in [-0.2, -0.15) is 0 Å². The molecule has 6 nitrogen and oxygen atoms in total. The van der Waals surface area contributed by atoms with E-state index >= 15 is 0 Å². The van der Waals surface area contributed by atoms with E-state index in [1.54, 1.807) is 0 Å². The molecule has 0 N–H and O–H groups in total. The van der Waals surface area contributed by atoms with Crippen LogP contribution in [0.5, 0.6) is 0 Å². The van der Waals surface area contributed by atoms with Crippen molar-refractivity contribution in [3.05, 3.63) is 54.2 Å². The van der Waals surface area contributed by atoms with Crippen LogP contribution in [0.25, 0.3) is 0 Å². The number of unbranched alkanes of at least 4 members (excludes halogenated alkanes) is 1. The summed E-state index contributed by atoms with van der Waals surface area (Å²) in [5.41, 5.74) is 2.37. The van der Waals surface area contributed by atoms with E-state index < -0.39 is 0 Å². The minimum absolute atomic E-state index is 0.225. The van der Waals surface area contributed by atoms with Gasteiger partial charge in [-0.25, -0.2) is 4.98 Å². The van der Waals surface area contributed by atoms with Crippen LogP contribution in [0.4, 0.5) is 11.5 Å². The lowest BCUT2D eigenvalue weighted by molar-refractivity contribution is -0.128. The quantitative estimate of drug-likeness (QED) is 0.659. The molecule has 1 unspecified atom stereocenters. The molecule has 0 radical (unpaired) electrons. The first-order chi connectivity index (χ1) is 14.6. The van der Waals surface area contributed by atoms with E-state index in [-0.39, 0.29) is 11.9 Å². The molecular formula is C24H33N5O. The summed E-state index contributed by atoms with van der Waals surface area (Å²) in [7, 11) is 0. The number of hydrogen-bond acceptors (Lipinski definition) is 5. The average Bonchev–Trinajstić information content (AvgIpc) is 3.05. The number of amides is 1. The van der Waals surface area contributed by atoms with Crippen molar-refractivity contribution in [1.29, 1.82) is 0 Å². The molecule has 1 aromatic carbocycles. The second kappa shape index (κ2) is 9.47. The van der Waals surface area contributed by atoms with Crippen molar-refractivity contribution in [1.82, 2.24) is 14.9 Å². The lowest BCUT2D eigenvalue weighted by atomic mass is 10.2. The number of carbonyl (C=O) groups is 1. The Morgan fingerprint density at radius 1 is 1.00 bits per heavy atom. The summed E-state index contributed by atoms with van der Waals surface area (Å²) in [6.45, 7) is 10.3. The first-order valence-electron chi connectivity index (χ1n) is 11.2. The minimum atomic E-state index is 0.225. The van der Waals surface area contributed by atoms with E-state index in [9.17, 15) is 4.79 Å². The lowest BCUT2D eigenvalue weighted by Crippen LogP contribution is -2.47. The van der Waals surface area contributed by atoms with Crippen LogP contribution in [0.1, 0.15) is 31.7 Å². The summed E-state index contributed by atoms with van der Waals surface area (Å²) in [6, 6.07) is 14.7. The highest BCUT2D eigenvalue weighted by Gasteiger charge is 2.34. The first-order valence-corrected chi connectivity index (χ1v) is 11.2. The Bertz CT molecular complexity index is 834. The zero-order valence-electron chi connectivity index (χ0n) is 18.2. The summed E-state index contributed by atoms with van der Waals surface area (Å²) in [6.07, 6.45) is 4.64. The highest BCUT2D eigenvalue weighted by atomic mass is 16.2. The van der Waals surface area contributed by atoms with Crippen molar-refractivity contribution >= 4 is 17.4 Å². The van der Waals surface area contributed by atoms with E-state index in [1.807, 2.05) is 35.5 Å². The van der Waals surface area contributed by atoms with Crippen LogP contribution in [0, 0.1) is 6.92 Å². The highest BCUT2D eigenvalue weighted by Crippen LogP contribution is 2.27. The van der Waals surface area contributed by atoms with Gasteiger partial charge in [-0.3, -0.25) is 19.7 Å². The van der Waals surface area contributed by atoms with Gasteiger partial charge < -0.3 is 4.90 Å². The van der Waals surface area contributed by atoms with Gasteiger partial charge in [0, 0.05) is 38.9 Å². The fourth-order valence-corrected chi connectivity index (χ4v) is 4.50. The van der Waals surface area contributed by atoms with Crippen molar-refractivity contribution in [2.75, 3.05) is 49.2 Å². The van der Waals surface area contributed by atoms with Gasteiger partial charge in [0.05, 0.1) is 18.2 Å². The Labute approximate surface area is 180 Å². The van der Waals surface area contributed by atoms with Crippen LogP contribution in [0.3, 0.4) is 0 Å². The number of hydrogen-bond donors (Lipinski definition) is 0. The van der Waals surface area contributed by atoms with E-state index in [0.717, 1.165) is 63.6 Å². The van der Waals surface area contributed by atoms with Gasteiger partial charge in [-0.05, 0) is 63.1 Å². The highest BCUT2D eigenvalue weighted by molar-refractivity contribution is 5.82. The Kier molecular flexibility index (Phi) is 6.53. The van der Waals surface area contributed by atoms with Crippen LogP contribution < -0.4 is 9.91 Å². The third-order valence-corrected chi connectivity index (χ3v) is 6.15. The van der Waals surface area contributed by atoms with Gasteiger partial charge in [0.2, 0.25) is 5.91 Å². The maximum Gasteiger partial charge on any atom is 0.243 e. The summed E-state index contributed by atoms with van der Waals surface area (Å²) in [4.78, 5) is 22.0. The van der Waals surface area contributed by atoms with Gasteiger partial charge in [0.1, 0.15) is 5.82 Å². The zero-order chi connectivity index (χ0) is 20.9. The first kappa shape index (κ1) is 20.7. The van der Waals surface area contributed by atoms with E-state index in [4.69, 9.17) is 0 Å². The predicted octanol–water partition coefficient (Wildman–Crippen LogP) is 3.33. The van der Waals surface area contributed by atoms with Gasteiger partial charge in [0.25, 0.3) is 0 Å². The van der Waals surface area contributed by atoms with Crippen LogP contribution in [-0.4, -0.2) is 66.1 Å². The SMILES string of the molecule is Cc1ccnc(N2CCN(CCCCN3C(=O)CC(C)N3c3ccccc3)CC2)c1. The van der Waals surface area contributed by atoms with Gasteiger partial charge in [0.15, 0.2) is 0 Å². The van der Waals surface area contributed by atoms with Crippen molar-refractivity contribution in [2.45, 2.75) is 39.2 Å². The number of aromatic nitrogens is 1. The van der Waals surface area contributed by atoms with E-state index in [1.165, 1.54) is 5.56 Å². The molecule has 6 heteroatoms. The maximum absolute atomic E-state index is 12.5. The number of hydrazine groups is 1. The fourth-order valence-electron chi connectivity index (χ4n) is 4.50. The van der Waals surface area contributed by atoms with Gasteiger partial charge >= 0.3 is 0 Å². The van der Waals surface area contributed by atoms with Crippen molar-refractivity contribution < 1.29 is 4.79 Å². The molecule has 4 rings (SSSR count). The second-order valence-corrected chi connectivity index (χ2v) is 8.48. The molecule has 0 aliphatic carbocycles. The number of nitrogens with zero attached hydrogens (tertiary/aromatic N) is 5. The minimum Gasteiger partial charge on any atom is -0.354 e. The smallest absolute Gasteiger partial charge is 0.243 e. The number of carbonyl (C=O) groups excluding carboxylic acids is 1. The third kappa shape index (κ3) is 4.75. The molecule has 160 valence electrons. The summed E-state index contributed by atoms with van der Waals surface area (Å²) in [5.74, 6) is 1.34. The summed E-state index contributed by atoms with van der Waals surface area (Å²) >= 11 is 0. The number of piperazine rings is 1. The van der Waals surface area contributed by atoms with E-state index in [2.05, 4.69) is 51.8 Å². The van der Waals surface area contributed by atoms with Crippen LogP contribution in [0.15, 0.2) is 48.7 Å². The number of para-hydroxylation sites is 1. The Morgan fingerprint density at radius 3 is 2.47 bits per heavy atom. The van der Waals surface area contributed by atoms with Crippen molar-refractivity contribution in [2.24, 2.45) is 0 Å². The largest absolute Gasteiger partial charge is 0.354 e. The molecule has 1 aromatic heterocycles.